The monoisotopic (exact) mass is 233 g/mol. The first kappa shape index (κ1) is 13.8. The maximum atomic E-state index is 5.61. The molecule has 94 valence electrons. The van der Waals surface area contributed by atoms with Gasteiger partial charge >= 0.3 is 0 Å². The van der Waals surface area contributed by atoms with Crippen LogP contribution in [0.15, 0.2) is 36.9 Å². The van der Waals surface area contributed by atoms with Crippen LogP contribution >= 0.6 is 0 Å². The fraction of sp³-hybridized carbons (Fsp3) is 0.467. The highest BCUT2D eigenvalue weighted by Gasteiger charge is 2.01. The third-order valence-electron chi connectivity index (χ3n) is 2.60. The molecule has 0 aliphatic carbocycles. The summed E-state index contributed by atoms with van der Waals surface area (Å²) in [4.78, 5) is 0. The maximum absolute atomic E-state index is 5.61. The largest absolute Gasteiger partial charge is 0.489 e. The molecule has 1 rings (SSSR count). The summed E-state index contributed by atoms with van der Waals surface area (Å²) in [6.45, 7) is 8.39. The molecule has 0 radical (unpaired) electrons. The zero-order chi connectivity index (χ0) is 12.3. The van der Waals surface area contributed by atoms with Gasteiger partial charge < -0.3 is 10.1 Å². The summed E-state index contributed by atoms with van der Waals surface area (Å²) in [6.07, 6.45) is 5.57. The van der Waals surface area contributed by atoms with Crippen LogP contribution in [-0.4, -0.2) is 13.2 Å². The van der Waals surface area contributed by atoms with Crippen molar-refractivity contribution in [1.82, 2.24) is 5.32 Å². The third kappa shape index (κ3) is 5.55. The highest BCUT2D eigenvalue weighted by molar-refractivity contribution is 5.33. The normalized spacial score (nSPS) is 10.2. The van der Waals surface area contributed by atoms with Gasteiger partial charge in [-0.15, -0.1) is 0 Å². The van der Waals surface area contributed by atoms with Crippen molar-refractivity contribution in [3.63, 3.8) is 0 Å². The van der Waals surface area contributed by atoms with Gasteiger partial charge in [0.05, 0.1) is 0 Å². The average molecular weight is 233 g/mol. The van der Waals surface area contributed by atoms with E-state index in [0.717, 1.165) is 18.8 Å². The van der Waals surface area contributed by atoms with E-state index in [0.29, 0.717) is 6.61 Å². The summed E-state index contributed by atoms with van der Waals surface area (Å²) in [5, 5.41) is 3.45. The first-order valence-electron chi connectivity index (χ1n) is 6.40. The van der Waals surface area contributed by atoms with Crippen LogP contribution in [-0.2, 0) is 6.54 Å². The molecule has 0 saturated carbocycles. The number of hydrogen-bond donors (Lipinski definition) is 1. The Balaban J connectivity index is 2.37. The van der Waals surface area contributed by atoms with Crippen molar-refractivity contribution < 1.29 is 4.74 Å². The number of unbranched alkanes of at least 4 members (excludes halogenated alkanes) is 2. The lowest BCUT2D eigenvalue weighted by Crippen LogP contribution is -2.15. The van der Waals surface area contributed by atoms with Gasteiger partial charge in [-0.1, -0.05) is 50.6 Å². The van der Waals surface area contributed by atoms with E-state index in [-0.39, 0.29) is 0 Å². The molecule has 0 saturated heterocycles. The van der Waals surface area contributed by atoms with E-state index < -0.39 is 0 Å². The molecule has 0 unspecified atom stereocenters. The van der Waals surface area contributed by atoms with Crippen LogP contribution in [0.2, 0.25) is 0 Å². The highest BCUT2D eigenvalue weighted by atomic mass is 16.5. The number of nitrogens with one attached hydrogen (secondary N) is 1. The van der Waals surface area contributed by atoms with Gasteiger partial charge in [0, 0.05) is 12.1 Å². The molecule has 0 aliphatic heterocycles. The second-order valence-electron chi connectivity index (χ2n) is 4.09. The summed E-state index contributed by atoms with van der Waals surface area (Å²) >= 11 is 0. The highest BCUT2D eigenvalue weighted by Crippen LogP contribution is 2.17. The first-order chi connectivity index (χ1) is 8.38. The summed E-state index contributed by atoms with van der Waals surface area (Å²) in [5.74, 6) is 0.954. The zero-order valence-electron chi connectivity index (χ0n) is 10.7. The Hall–Kier alpha value is -1.28. The fourth-order valence-electron chi connectivity index (χ4n) is 1.66. The van der Waals surface area contributed by atoms with E-state index in [1.807, 2.05) is 18.2 Å². The van der Waals surface area contributed by atoms with Gasteiger partial charge in [0.15, 0.2) is 0 Å². The van der Waals surface area contributed by atoms with Gasteiger partial charge in [-0.05, 0) is 19.0 Å². The van der Waals surface area contributed by atoms with Crippen LogP contribution in [0.1, 0.15) is 31.7 Å². The van der Waals surface area contributed by atoms with E-state index >= 15 is 0 Å². The standard InChI is InChI=1S/C15H23NO/c1-3-5-8-11-16-13-14-9-6-7-10-15(14)17-12-4-2/h4,6-7,9-10,16H,2-3,5,8,11-13H2,1H3. The van der Waals surface area contributed by atoms with E-state index in [1.165, 1.54) is 24.8 Å². The Morgan fingerprint density at radius 3 is 2.88 bits per heavy atom. The minimum absolute atomic E-state index is 0.562. The molecule has 0 atom stereocenters. The second-order valence-corrected chi connectivity index (χ2v) is 4.09. The topological polar surface area (TPSA) is 21.3 Å². The molecular formula is C15H23NO. The lowest BCUT2D eigenvalue weighted by molar-refractivity contribution is 0.358. The SMILES string of the molecule is C=CCOc1ccccc1CNCCCCC. The predicted molar refractivity (Wildman–Crippen MR) is 73.4 cm³/mol. The van der Waals surface area contributed by atoms with Gasteiger partial charge in [-0.2, -0.15) is 0 Å². The molecular weight excluding hydrogens is 210 g/mol. The molecule has 1 N–H and O–H groups in total. The Bertz CT molecular complexity index is 322. The summed E-state index contributed by atoms with van der Waals surface area (Å²) in [7, 11) is 0. The van der Waals surface area contributed by atoms with Crippen molar-refractivity contribution >= 4 is 0 Å². The molecule has 0 aliphatic rings. The van der Waals surface area contributed by atoms with Crippen LogP contribution in [0.4, 0.5) is 0 Å². The smallest absolute Gasteiger partial charge is 0.124 e. The average Bonchev–Trinajstić information content (AvgIpc) is 2.37. The molecule has 0 aromatic heterocycles. The number of hydrogen-bond acceptors (Lipinski definition) is 2. The Morgan fingerprint density at radius 2 is 2.12 bits per heavy atom. The van der Waals surface area contributed by atoms with Crippen molar-refractivity contribution in [3.05, 3.63) is 42.5 Å². The van der Waals surface area contributed by atoms with Gasteiger partial charge in [-0.25, -0.2) is 0 Å². The minimum Gasteiger partial charge on any atom is -0.489 e. The number of para-hydroxylation sites is 1. The lowest BCUT2D eigenvalue weighted by Gasteiger charge is -2.10. The summed E-state index contributed by atoms with van der Waals surface area (Å²) in [5.41, 5.74) is 1.21. The van der Waals surface area contributed by atoms with Gasteiger partial charge in [-0.3, -0.25) is 0 Å². The molecule has 0 spiro atoms. The van der Waals surface area contributed by atoms with Crippen molar-refractivity contribution in [3.8, 4) is 5.75 Å². The molecule has 2 heteroatoms. The lowest BCUT2D eigenvalue weighted by atomic mass is 10.2. The molecule has 17 heavy (non-hydrogen) atoms. The van der Waals surface area contributed by atoms with Crippen LogP contribution in [0.3, 0.4) is 0 Å². The molecule has 1 aromatic rings. The van der Waals surface area contributed by atoms with E-state index in [9.17, 15) is 0 Å². The van der Waals surface area contributed by atoms with E-state index in [4.69, 9.17) is 4.74 Å². The Morgan fingerprint density at radius 1 is 1.29 bits per heavy atom. The maximum Gasteiger partial charge on any atom is 0.124 e. The first-order valence-corrected chi connectivity index (χ1v) is 6.40. The molecule has 2 nitrogen and oxygen atoms in total. The zero-order valence-corrected chi connectivity index (χ0v) is 10.7. The van der Waals surface area contributed by atoms with Crippen molar-refractivity contribution in [2.24, 2.45) is 0 Å². The molecule has 0 fully saturated rings. The molecule has 0 heterocycles. The van der Waals surface area contributed by atoms with Gasteiger partial charge in [0.2, 0.25) is 0 Å². The second kappa shape index (κ2) is 8.82. The molecule has 0 bridgehead atoms. The van der Waals surface area contributed by atoms with Crippen LogP contribution in [0, 0.1) is 0 Å². The third-order valence-corrected chi connectivity index (χ3v) is 2.60. The fourth-order valence-corrected chi connectivity index (χ4v) is 1.66. The Labute approximate surface area is 105 Å². The molecule has 0 amide bonds. The summed E-state index contributed by atoms with van der Waals surface area (Å²) < 4.78 is 5.61. The van der Waals surface area contributed by atoms with Crippen LogP contribution in [0.25, 0.3) is 0 Å². The predicted octanol–water partition coefficient (Wildman–Crippen LogP) is 3.53. The van der Waals surface area contributed by atoms with E-state index in [2.05, 4.69) is 24.9 Å². The van der Waals surface area contributed by atoms with Gasteiger partial charge in [0.1, 0.15) is 12.4 Å². The molecule has 1 aromatic carbocycles. The Kier molecular flexibility index (Phi) is 7.15. The van der Waals surface area contributed by atoms with Crippen molar-refractivity contribution in [2.45, 2.75) is 32.7 Å². The van der Waals surface area contributed by atoms with Crippen molar-refractivity contribution in [1.29, 1.82) is 0 Å². The minimum atomic E-state index is 0.562. The van der Waals surface area contributed by atoms with Crippen LogP contribution in [0.5, 0.6) is 5.75 Å². The van der Waals surface area contributed by atoms with E-state index in [1.54, 1.807) is 6.08 Å². The quantitative estimate of drug-likeness (QED) is 0.520. The van der Waals surface area contributed by atoms with Gasteiger partial charge in [0.25, 0.3) is 0 Å². The number of benzene rings is 1. The number of ether oxygens (including phenoxy) is 1. The number of rotatable bonds is 9. The van der Waals surface area contributed by atoms with Crippen molar-refractivity contribution in [2.75, 3.05) is 13.2 Å². The summed E-state index contributed by atoms with van der Waals surface area (Å²) in [6, 6.07) is 8.15. The van der Waals surface area contributed by atoms with Crippen LogP contribution < -0.4 is 10.1 Å².